The standard InChI is InChI=1S/C16H20N2O3/c1-2-21-16(20)17-13-7-8-14-12(10-13)4-3-9-18(14)15(19)11-5-6-11/h7-8,10-11H,2-6,9H2,1H3,(H,17,20). The summed E-state index contributed by atoms with van der Waals surface area (Å²) >= 11 is 0. The summed E-state index contributed by atoms with van der Waals surface area (Å²) in [7, 11) is 0. The van der Waals surface area contributed by atoms with Crippen LogP contribution < -0.4 is 10.2 Å². The highest BCUT2D eigenvalue weighted by atomic mass is 16.5. The maximum atomic E-state index is 12.3. The molecule has 2 amide bonds. The molecule has 0 radical (unpaired) electrons. The molecule has 1 aromatic carbocycles. The van der Waals surface area contributed by atoms with Gasteiger partial charge >= 0.3 is 6.09 Å². The summed E-state index contributed by atoms with van der Waals surface area (Å²) < 4.78 is 4.87. The van der Waals surface area contributed by atoms with Gasteiger partial charge in [0, 0.05) is 23.8 Å². The van der Waals surface area contributed by atoms with Gasteiger partial charge in [-0.1, -0.05) is 0 Å². The van der Waals surface area contributed by atoms with E-state index in [0.717, 1.165) is 43.5 Å². The van der Waals surface area contributed by atoms with E-state index in [1.165, 1.54) is 0 Å². The molecule has 5 nitrogen and oxygen atoms in total. The highest BCUT2D eigenvalue weighted by Crippen LogP contribution is 2.36. The zero-order valence-corrected chi connectivity index (χ0v) is 12.2. The van der Waals surface area contributed by atoms with Crippen LogP contribution in [0, 0.1) is 5.92 Å². The van der Waals surface area contributed by atoms with Crippen molar-refractivity contribution in [2.45, 2.75) is 32.6 Å². The van der Waals surface area contributed by atoms with Gasteiger partial charge in [-0.3, -0.25) is 10.1 Å². The number of anilines is 2. The molecule has 1 aliphatic heterocycles. The molecule has 1 aliphatic carbocycles. The number of amides is 2. The van der Waals surface area contributed by atoms with E-state index >= 15 is 0 Å². The molecular weight excluding hydrogens is 268 g/mol. The Morgan fingerprint density at radius 1 is 1.38 bits per heavy atom. The lowest BCUT2D eigenvalue weighted by Crippen LogP contribution is -2.36. The Kier molecular flexibility index (Phi) is 3.82. The predicted molar refractivity (Wildman–Crippen MR) is 80.5 cm³/mol. The number of nitrogens with one attached hydrogen (secondary N) is 1. The van der Waals surface area contributed by atoms with E-state index in [1.807, 2.05) is 23.1 Å². The van der Waals surface area contributed by atoms with E-state index in [0.29, 0.717) is 12.3 Å². The molecule has 1 heterocycles. The third-order valence-electron chi connectivity index (χ3n) is 3.91. The molecule has 2 aliphatic rings. The van der Waals surface area contributed by atoms with E-state index in [4.69, 9.17) is 4.74 Å². The average Bonchev–Trinajstić information content (AvgIpc) is 3.30. The zero-order chi connectivity index (χ0) is 14.8. The summed E-state index contributed by atoms with van der Waals surface area (Å²) in [6.07, 6.45) is 3.50. The molecule has 1 N–H and O–H groups in total. The minimum absolute atomic E-state index is 0.230. The Bertz CT molecular complexity index is 567. The Labute approximate surface area is 124 Å². The molecule has 5 heteroatoms. The van der Waals surface area contributed by atoms with Crippen molar-refractivity contribution in [3.8, 4) is 0 Å². The Balaban J connectivity index is 1.78. The smallest absolute Gasteiger partial charge is 0.411 e. The summed E-state index contributed by atoms with van der Waals surface area (Å²) in [6.45, 7) is 2.92. The van der Waals surface area contributed by atoms with Crippen molar-refractivity contribution in [2.24, 2.45) is 5.92 Å². The van der Waals surface area contributed by atoms with Gasteiger partial charge in [0.05, 0.1) is 6.61 Å². The summed E-state index contributed by atoms with van der Waals surface area (Å²) in [5.41, 5.74) is 2.82. The SMILES string of the molecule is CCOC(=O)Nc1ccc2c(c1)CCCN2C(=O)C1CC1. The number of benzene rings is 1. The van der Waals surface area contributed by atoms with Crippen molar-refractivity contribution in [3.05, 3.63) is 23.8 Å². The van der Waals surface area contributed by atoms with Gasteiger partial charge in [-0.15, -0.1) is 0 Å². The number of fused-ring (bicyclic) bond motifs is 1. The maximum absolute atomic E-state index is 12.3. The zero-order valence-electron chi connectivity index (χ0n) is 12.2. The van der Waals surface area contributed by atoms with Crippen LogP contribution in [0.25, 0.3) is 0 Å². The Hall–Kier alpha value is -2.04. The number of carbonyl (C=O) groups is 2. The van der Waals surface area contributed by atoms with Crippen molar-refractivity contribution in [2.75, 3.05) is 23.4 Å². The number of rotatable bonds is 3. The van der Waals surface area contributed by atoms with Crippen LogP contribution in [0.4, 0.5) is 16.2 Å². The molecule has 112 valence electrons. The second-order valence-electron chi connectivity index (χ2n) is 5.56. The third-order valence-corrected chi connectivity index (χ3v) is 3.91. The van der Waals surface area contributed by atoms with Crippen LogP contribution >= 0.6 is 0 Å². The molecule has 0 atom stereocenters. The highest BCUT2D eigenvalue weighted by Gasteiger charge is 2.35. The molecule has 1 saturated carbocycles. The first-order valence-corrected chi connectivity index (χ1v) is 7.57. The fraction of sp³-hybridized carbons (Fsp3) is 0.500. The maximum Gasteiger partial charge on any atom is 0.411 e. The summed E-state index contributed by atoms with van der Waals surface area (Å²) in [6, 6.07) is 5.70. The normalized spacial score (nSPS) is 17.1. The van der Waals surface area contributed by atoms with E-state index in [-0.39, 0.29) is 11.8 Å². The van der Waals surface area contributed by atoms with E-state index < -0.39 is 6.09 Å². The monoisotopic (exact) mass is 288 g/mol. The summed E-state index contributed by atoms with van der Waals surface area (Å²) in [5.74, 6) is 0.482. The van der Waals surface area contributed by atoms with Gasteiger partial charge in [-0.05, 0) is 56.4 Å². The third kappa shape index (κ3) is 3.01. The summed E-state index contributed by atoms with van der Waals surface area (Å²) in [5, 5.41) is 2.71. The van der Waals surface area contributed by atoms with Crippen molar-refractivity contribution in [1.29, 1.82) is 0 Å². The second kappa shape index (κ2) is 5.76. The molecule has 0 saturated heterocycles. The first-order valence-electron chi connectivity index (χ1n) is 7.57. The molecule has 0 aromatic heterocycles. The van der Waals surface area contributed by atoms with Crippen LogP contribution in [0.3, 0.4) is 0 Å². The van der Waals surface area contributed by atoms with E-state index in [2.05, 4.69) is 5.32 Å². The minimum atomic E-state index is -0.445. The van der Waals surface area contributed by atoms with Crippen LogP contribution in [0.1, 0.15) is 31.7 Å². The van der Waals surface area contributed by atoms with Crippen molar-refractivity contribution in [1.82, 2.24) is 0 Å². The van der Waals surface area contributed by atoms with Gasteiger partial charge in [-0.25, -0.2) is 4.79 Å². The number of carbonyl (C=O) groups excluding carboxylic acids is 2. The van der Waals surface area contributed by atoms with Crippen molar-refractivity contribution < 1.29 is 14.3 Å². The van der Waals surface area contributed by atoms with Crippen LogP contribution in [0.15, 0.2) is 18.2 Å². The molecule has 0 bridgehead atoms. The molecule has 1 aromatic rings. The largest absolute Gasteiger partial charge is 0.450 e. The van der Waals surface area contributed by atoms with Gasteiger partial charge < -0.3 is 9.64 Å². The van der Waals surface area contributed by atoms with Crippen LogP contribution in [-0.2, 0) is 16.0 Å². The fourth-order valence-corrected chi connectivity index (χ4v) is 2.74. The van der Waals surface area contributed by atoms with Gasteiger partial charge in [-0.2, -0.15) is 0 Å². The van der Waals surface area contributed by atoms with Crippen LogP contribution in [0.5, 0.6) is 0 Å². The van der Waals surface area contributed by atoms with Gasteiger partial charge in [0.15, 0.2) is 0 Å². The van der Waals surface area contributed by atoms with Crippen molar-refractivity contribution in [3.63, 3.8) is 0 Å². The first-order chi connectivity index (χ1) is 10.2. The van der Waals surface area contributed by atoms with Gasteiger partial charge in [0.2, 0.25) is 5.91 Å². The lowest BCUT2D eigenvalue weighted by Gasteiger charge is -2.30. The number of hydrogen-bond acceptors (Lipinski definition) is 3. The quantitative estimate of drug-likeness (QED) is 0.930. The number of aryl methyl sites for hydroxylation is 1. The fourth-order valence-electron chi connectivity index (χ4n) is 2.74. The van der Waals surface area contributed by atoms with Crippen LogP contribution in [-0.4, -0.2) is 25.2 Å². The topological polar surface area (TPSA) is 58.6 Å². The molecule has 0 unspecified atom stereocenters. The lowest BCUT2D eigenvalue weighted by atomic mass is 10.0. The second-order valence-corrected chi connectivity index (χ2v) is 5.56. The molecule has 1 fully saturated rings. The molecule has 3 rings (SSSR count). The Morgan fingerprint density at radius 2 is 2.19 bits per heavy atom. The molecule has 0 spiro atoms. The van der Waals surface area contributed by atoms with Crippen LogP contribution in [0.2, 0.25) is 0 Å². The lowest BCUT2D eigenvalue weighted by molar-refractivity contribution is -0.119. The van der Waals surface area contributed by atoms with Gasteiger partial charge in [0.25, 0.3) is 0 Å². The number of ether oxygens (including phenoxy) is 1. The molecule has 21 heavy (non-hydrogen) atoms. The number of hydrogen-bond donors (Lipinski definition) is 1. The van der Waals surface area contributed by atoms with E-state index in [9.17, 15) is 9.59 Å². The van der Waals surface area contributed by atoms with Gasteiger partial charge in [0.1, 0.15) is 0 Å². The highest BCUT2D eigenvalue weighted by molar-refractivity contribution is 5.98. The number of nitrogens with zero attached hydrogens (tertiary/aromatic N) is 1. The molecular formula is C16H20N2O3. The predicted octanol–water partition coefficient (Wildman–Crippen LogP) is 2.94. The van der Waals surface area contributed by atoms with Crippen molar-refractivity contribution >= 4 is 23.4 Å². The van der Waals surface area contributed by atoms with E-state index in [1.54, 1.807) is 6.92 Å². The first kappa shape index (κ1) is 13.9. The minimum Gasteiger partial charge on any atom is -0.450 e. The average molecular weight is 288 g/mol. The summed E-state index contributed by atoms with van der Waals surface area (Å²) in [4.78, 5) is 25.7. The Morgan fingerprint density at radius 3 is 2.90 bits per heavy atom.